The van der Waals surface area contributed by atoms with Crippen LogP contribution in [0.5, 0.6) is 0 Å². The van der Waals surface area contributed by atoms with Crippen LogP contribution in [-0.2, 0) is 0 Å². The first-order valence-electron chi connectivity index (χ1n) is 5.61. The van der Waals surface area contributed by atoms with Crippen molar-refractivity contribution in [2.24, 2.45) is 5.92 Å². The molecule has 1 unspecified atom stereocenters. The summed E-state index contributed by atoms with van der Waals surface area (Å²) in [4.78, 5) is 0. The van der Waals surface area contributed by atoms with Gasteiger partial charge in [0.2, 0.25) is 0 Å². The van der Waals surface area contributed by atoms with Crippen LogP contribution in [0.3, 0.4) is 0 Å². The first-order chi connectivity index (χ1) is 6.71. The highest BCUT2D eigenvalue weighted by atomic mass is 35.5. The zero-order chi connectivity index (χ0) is 10.2. The molecule has 1 saturated heterocycles. The van der Waals surface area contributed by atoms with E-state index in [0.29, 0.717) is 0 Å². The van der Waals surface area contributed by atoms with Gasteiger partial charge in [-0.15, -0.1) is 0 Å². The van der Waals surface area contributed by atoms with Crippen molar-refractivity contribution in [3.8, 4) is 0 Å². The lowest BCUT2D eigenvalue weighted by Crippen LogP contribution is -2.45. The summed E-state index contributed by atoms with van der Waals surface area (Å²) in [6, 6.07) is 0. The van der Waals surface area contributed by atoms with Crippen LogP contribution in [0.4, 0.5) is 0 Å². The maximum absolute atomic E-state index is 6.24. The number of quaternary nitrogens is 1. The first-order valence-corrected chi connectivity index (χ1v) is 5.99. The summed E-state index contributed by atoms with van der Waals surface area (Å²) in [6.45, 7) is 9.54. The molecule has 1 fully saturated rings. The van der Waals surface area contributed by atoms with E-state index >= 15 is 0 Å². The molecule has 2 rings (SSSR count). The predicted octanol–water partition coefficient (Wildman–Crippen LogP) is 2.93. The van der Waals surface area contributed by atoms with Crippen molar-refractivity contribution in [1.29, 1.82) is 0 Å². The highest BCUT2D eigenvalue weighted by Gasteiger charge is 2.40. The molecule has 1 nitrogen and oxygen atoms in total. The van der Waals surface area contributed by atoms with E-state index in [9.17, 15) is 0 Å². The second-order valence-corrected chi connectivity index (χ2v) is 4.93. The van der Waals surface area contributed by atoms with Crippen LogP contribution in [0, 0.1) is 5.92 Å². The summed E-state index contributed by atoms with van der Waals surface area (Å²) in [5.74, 6) is 0.729. The Kier molecular flexibility index (Phi) is 2.72. The predicted molar refractivity (Wildman–Crippen MR) is 61.2 cm³/mol. The van der Waals surface area contributed by atoms with Gasteiger partial charge in [-0.25, -0.2) is 0 Å². The standard InChI is InChI=1S/C12H19ClN/c1-3-14(4-2)8-10-6-5-7-12(13)11(10)9-14/h5,7,10H,3-4,6,8-9H2,1-2H3/q+1. The minimum atomic E-state index is 0.729. The second-order valence-electron chi connectivity index (χ2n) is 4.52. The van der Waals surface area contributed by atoms with Crippen LogP contribution in [0.15, 0.2) is 22.8 Å². The maximum Gasteiger partial charge on any atom is 0.103 e. The van der Waals surface area contributed by atoms with Gasteiger partial charge in [-0.05, 0) is 26.3 Å². The summed E-state index contributed by atoms with van der Waals surface area (Å²) >= 11 is 6.24. The molecule has 0 aromatic rings. The first kappa shape index (κ1) is 10.3. The van der Waals surface area contributed by atoms with E-state index in [-0.39, 0.29) is 0 Å². The van der Waals surface area contributed by atoms with E-state index in [1.54, 1.807) is 0 Å². The van der Waals surface area contributed by atoms with Gasteiger partial charge in [0, 0.05) is 16.5 Å². The molecule has 1 atom stereocenters. The number of hydrogen-bond acceptors (Lipinski definition) is 0. The molecule has 2 aliphatic rings. The van der Waals surface area contributed by atoms with E-state index in [1.807, 2.05) is 0 Å². The normalized spacial score (nSPS) is 29.5. The third kappa shape index (κ3) is 1.53. The molecule has 1 aliphatic carbocycles. The van der Waals surface area contributed by atoms with Crippen molar-refractivity contribution in [2.45, 2.75) is 20.3 Å². The second kappa shape index (κ2) is 3.71. The fraction of sp³-hybridized carbons (Fsp3) is 0.667. The lowest BCUT2D eigenvalue weighted by molar-refractivity contribution is -0.912. The SMILES string of the molecule is CC[N+]1(CC)CC2=C(Cl)C=CCC2C1. The Labute approximate surface area is 91.6 Å². The average molecular weight is 213 g/mol. The van der Waals surface area contributed by atoms with E-state index < -0.39 is 0 Å². The molecule has 0 radical (unpaired) electrons. The van der Waals surface area contributed by atoms with E-state index in [4.69, 9.17) is 11.6 Å². The zero-order valence-corrected chi connectivity index (χ0v) is 9.85. The van der Waals surface area contributed by atoms with Crippen molar-refractivity contribution in [3.05, 3.63) is 22.8 Å². The van der Waals surface area contributed by atoms with Crippen molar-refractivity contribution in [3.63, 3.8) is 0 Å². The van der Waals surface area contributed by atoms with E-state index in [2.05, 4.69) is 26.0 Å². The van der Waals surface area contributed by atoms with Crippen molar-refractivity contribution in [1.82, 2.24) is 0 Å². The summed E-state index contributed by atoms with van der Waals surface area (Å²) < 4.78 is 1.23. The van der Waals surface area contributed by atoms with Gasteiger partial charge in [-0.1, -0.05) is 17.7 Å². The molecule has 0 aromatic heterocycles. The van der Waals surface area contributed by atoms with Crippen molar-refractivity contribution in [2.75, 3.05) is 26.2 Å². The zero-order valence-electron chi connectivity index (χ0n) is 9.09. The summed E-state index contributed by atoms with van der Waals surface area (Å²) in [5.41, 5.74) is 1.51. The molecule has 1 heterocycles. The Morgan fingerprint density at radius 1 is 1.43 bits per heavy atom. The van der Waals surface area contributed by atoms with Crippen molar-refractivity contribution < 1.29 is 4.48 Å². The number of rotatable bonds is 2. The molecule has 14 heavy (non-hydrogen) atoms. The molecule has 1 aliphatic heterocycles. The summed E-state index contributed by atoms with van der Waals surface area (Å²) in [5, 5.41) is 1.02. The molecule has 0 bridgehead atoms. The van der Waals surface area contributed by atoms with Gasteiger partial charge >= 0.3 is 0 Å². The molecule has 78 valence electrons. The molecular formula is C12H19ClN+. The number of fused-ring (bicyclic) bond motifs is 1. The highest BCUT2D eigenvalue weighted by Crippen LogP contribution is 2.37. The molecule has 0 saturated carbocycles. The Morgan fingerprint density at radius 3 is 2.71 bits per heavy atom. The number of hydrogen-bond donors (Lipinski definition) is 0. The number of halogens is 1. The maximum atomic E-state index is 6.24. The Balaban J connectivity index is 2.25. The minimum Gasteiger partial charge on any atom is -0.320 e. The minimum absolute atomic E-state index is 0.729. The Bertz CT molecular complexity index is 287. The number of likely N-dealkylation sites (tertiary alicyclic amines) is 1. The monoisotopic (exact) mass is 212 g/mol. The van der Waals surface area contributed by atoms with Gasteiger partial charge in [0.15, 0.2) is 0 Å². The summed E-state index contributed by atoms with van der Waals surface area (Å²) in [7, 11) is 0. The molecule has 0 spiro atoms. The molecule has 0 N–H and O–H groups in total. The third-order valence-electron chi connectivity index (χ3n) is 3.94. The van der Waals surface area contributed by atoms with Crippen molar-refractivity contribution >= 4 is 11.6 Å². The van der Waals surface area contributed by atoms with Gasteiger partial charge in [0.1, 0.15) is 6.54 Å². The Morgan fingerprint density at radius 2 is 2.14 bits per heavy atom. The lowest BCUT2D eigenvalue weighted by Gasteiger charge is -2.31. The molecular weight excluding hydrogens is 194 g/mol. The van der Waals surface area contributed by atoms with E-state index in [1.165, 1.54) is 42.7 Å². The fourth-order valence-corrected chi connectivity index (χ4v) is 3.07. The fourth-order valence-electron chi connectivity index (χ4n) is 2.77. The largest absolute Gasteiger partial charge is 0.320 e. The van der Waals surface area contributed by atoms with Crippen LogP contribution in [0.1, 0.15) is 20.3 Å². The van der Waals surface area contributed by atoms with E-state index in [0.717, 1.165) is 11.0 Å². The van der Waals surface area contributed by atoms with Crippen LogP contribution < -0.4 is 0 Å². The smallest absolute Gasteiger partial charge is 0.103 e. The quantitative estimate of drug-likeness (QED) is 0.618. The molecule has 0 amide bonds. The van der Waals surface area contributed by atoms with Crippen LogP contribution >= 0.6 is 11.6 Å². The number of nitrogens with zero attached hydrogens (tertiary/aromatic N) is 1. The third-order valence-corrected chi connectivity index (χ3v) is 4.31. The molecule has 2 heteroatoms. The Hall–Kier alpha value is -0.270. The topological polar surface area (TPSA) is 0 Å². The molecule has 0 aromatic carbocycles. The number of likely N-dealkylation sites (N-methyl/N-ethyl adjacent to an activating group) is 1. The van der Waals surface area contributed by atoms with Gasteiger partial charge in [-0.3, -0.25) is 0 Å². The van der Waals surface area contributed by atoms with Crippen LogP contribution in [0.25, 0.3) is 0 Å². The van der Waals surface area contributed by atoms with Crippen LogP contribution in [-0.4, -0.2) is 30.7 Å². The van der Waals surface area contributed by atoms with Gasteiger partial charge in [-0.2, -0.15) is 0 Å². The van der Waals surface area contributed by atoms with Gasteiger partial charge < -0.3 is 4.48 Å². The average Bonchev–Trinajstić information content (AvgIpc) is 2.59. The highest BCUT2D eigenvalue weighted by molar-refractivity contribution is 6.31. The van der Waals surface area contributed by atoms with Gasteiger partial charge in [0.25, 0.3) is 0 Å². The van der Waals surface area contributed by atoms with Crippen LogP contribution in [0.2, 0.25) is 0 Å². The van der Waals surface area contributed by atoms with Gasteiger partial charge in [0.05, 0.1) is 19.6 Å². The lowest BCUT2D eigenvalue weighted by atomic mass is 9.95. The number of allylic oxidation sites excluding steroid dienone is 3. The summed E-state index contributed by atoms with van der Waals surface area (Å²) in [6.07, 6.45) is 5.51.